The number of amides is 3. The lowest BCUT2D eigenvalue weighted by atomic mass is 9.88. The first kappa shape index (κ1) is 69.5. The molecule has 0 bridgehead atoms. The maximum atomic E-state index is 12.8. The van der Waals surface area contributed by atoms with E-state index in [4.69, 9.17) is 47.4 Å². The molecule has 5 aliphatic heterocycles. The molecule has 5 rings (SSSR count). The summed E-state index contributed by atoms with van der Waals surface area (Å²) < 4.78 is 57.3. The van der Waals surface area contributed by atoms with Crippen molar-refractivity contribution in [1.29, 1.82) is 0 Å². The van der Waals surface area contributed by atoms with Crippen molar-refractivity contribution >= 4 is 23.7 Å². The Labute approximate surface area is 464 Å². The SMILES string of the molecule is CC(=O)N[C@H]1[C@H](OC[C@H]2O[C@@H](O[C@@H]([C@H](O)[C@@H](O)CO)[C@H](O)CO)[C@H](O)[C@@H](O[C@@H]3O[C@H](CO)[C@@H](O)[C@H](O)[C@H]3NC(C)=O)[C@H]2O)O[C@H](CO)[C@@H](O[C@@H]2O[C@H](CO[C@]3(C(=O)O)C[C@H](O)[C@@H](NC(C)=O)[C@H]([C@H](O)[C@H](O)CO)O3)[C@H](O)[C@H](O)[C@H]2O)[C@@H]1O. The van der Waals surface area contributed by atoms with Gasteiger partial charge in [-0.2, -0.15) is 0 Å². The normalized spacial score (nSPS) is 42.2. The summed E-state index contributed by atoms with van der Waals surface area (Å²) in [4.78, 5) is 49.6. The average molecular weight is 1200 g/mol. The zero-order valence-electron chi connectivity index (χ0n) is 44.1. The third-order valence-electron chi connectivity index (χ3n) is 14.2. The summed E-state index contributed by atoms with van der Waals surface area (Å²) in [7, 11) is 0. The van der Waals surface area contributed by atoms with Crippen molar-refractivity contribution in [3.05, 3.63) is 0 Å². The quantitative estimate of drug-likeness (QED) is 0.0382. The number of hydrogen-bond donors (Lipinski definition) is 23. The molecule has 37 heteroatoms. The number of carbonyl (C=O) groups is 4. The van der Waals surface area contributed by atoms with E-state index in [9.17, 15) is 121 Å². The van der Waals surface area contributed by atoms with Crippen LogP contribution in [0.4, 0.5) is 0 Å². The number of ether oxygens (including phenoxy) is 10. The molecule has 3 amide bonds. The van der Waals surface area contributed by atoms with E-state index in [0.29, 0.717) is 0 Å². The van der Waals surface area contributed by atoms with Crippen molar-refractivity contribution in [2.75, 3.05) is 46.2 Å². The number of carboxylic acids is 1. The minimum absolute atomic E-state index is 0.797. The smallest absolute Gasteiger partial charge is 0.364 e. The molecule has 0 aromatic carbocycles. The highest BCUT2D eigenvalue weighted by Gasteiger charge is 2.59. The molecule has 5 aliphatic rings. The van der Waals surface area contributed by atoms with Crippen LogP contribution in [-0.4, -0.2) is 355 Å². The predicted molar refractivity (Wildman–Crippen MR) is 253 cm³/mol. The topological polar surface area (TPSA) is 601 Å². The van der Waals surface area contributed by atoms with Gasteiger partial charge in [0.1, 0.15) is 140 Å². The molecule has 5 fully saturated rings. The molecule has 0 saturated carbocycles. The molecule has 82 heavy (non-hydrogen) atoms. The molecule has 0 unspecified atom stereocenters. The van der Waals surface area contributed by atoms with Gasteiger partial charge in [-0.3, -0.25) is 14.4 Å². The van der Waals surface area contributed by atoms with Crippen LogP contribution in [0.15, 0.2) is 0 Å². The molecule has 0 aromatic rings. The summed E-state index contributed by atoms with van der Waals surface area (Å²) in [6.45, 7) is -4.65. The minimum atomic E-state index is -3.00. The van der Waals surface area contributed by atoms with E-state index >= 15 is 0 Å². The number of rotatable bonds is 26. The van der Waals surface area contributed by atoms with Crippen molar-refractivity contribution in [3.8, 4) is 0 Å². The van der Waals surface area contributed by atoms with Gasteiger partial charge in [0.05, 0.1) is 58.4 Å². The van der Waals surface area contributed by atoms with Crippen LogP contribution in [0.5, 0.6) is 0 Å². The van der Waals surface area contributed by atoms with E-state index in [2.05, 4.69) is 16.0 Å². The van der Waals surface area contributed by atoms with Crippen molar-refractivity contribution in [3.63, 3.8) is 0 Å². The van der Waals surface area contributed by atoms with E-state index < -0.39 is 260 Å². The van der Waals surface area contributed by atoms with Crippen molar-refractivity contribution in [2.45, 2.75) is 211 Å². The molecule has 37 nitrogen and oxygen atoms in total. The van der Waals surface area contributed by atoms with Crippen molar-refractivity contribution < 1.29 is 169 Å². The van der Waals surface area contributed by atoms with Gasteiger partial charge >= 0.3 is 5.97 Å². The maximum Gasteiger partial charge on any atom is 0.364 e. The van der Waals surface area contributed by atoms with Crippen LogP contribution >= 0.6 is 0 Å². The Bertz CT molecular complexity index is 2040. The van der Waals surface area contributed by atoms with Gasteiger partial charge in [0.25, 0.3) is 5.79 Å². The summed E-state index contributed by atoms with van der Waals surface area (Å²) in [6.07, 6.45) is -54.4. The summed E-state index contributed by atoms with van der Waals surface area (Å²) in [5.74, 6) is -7.50. The number of carboxylic acid groups (broad SMARTS) is 1. The largest absolute Gasteiger partial charge is 0.477 e. The van der Waals surface area contributed by atoms with Crippen LogP contribution in [0.3, 0.4) is 0 Å². The summed E-state index contributed by atoms with van der Waals surface area (Å²) in [6, 6.07) is -5.12. The Balaban J connectivity index is 1.40. The first-order chi connectivity index (χ1) is 38.5. The molecule has 5 heterocycles. The van der Waals surface area contributed by atoms with Gasteiger partial charge in [-0.05, 0) is 0 Å². The molecular formula is C45H77N3O34. The van der Waals surface area contributed by atoms with Crippen molar-refractivity contribution in [1.82, 2.24) is 16.0 Å². The predicted octanol–water partition coefficient (Wildman–Crippen LogP) is -14.8. The second-order valence-corrected chi connectivity index (χ2v) is 20.2. The number of aliphatic hydroxyl groups is 19. The van der Waals surface area contributed by atoms with Crippen LogP contribution < -0.4 is 16.0 Å². The monoisotopic (exact) mass is 1200 g/mol. The lowest BCUT2D eigenvalue weighted by molar-refractivity contribution is -0.370. The van der Waals surface area contributed by atoms with Gasteiger partial charge in [-0.1, -0.05) is 0 Å². The second-order valence-electron chi connectivity index (χ2n) is 20.2. The highest BCUT2D eigenvalue weighted by Crippen LogP contribution is 2.37. The Morgan fingerprint density at radius 3 is 1.57 bits per heavy atom. The summed E-state index contributed by atoms with van der Waals surface area (Å²) in [5, 5.41) is 220. The molecule has 30 atom stereocenters. The Hall–Kier alpha value is -3.28. The van der Waals surface area contributed by atoms with Gasteiger partial charge in [0, 0.05) is 27.2 Å². The van der Waals surface area contributed by atoms with Crippen LogP contribution in [0, 0.1) is 0 Å². The second kappa shape index (κ2) is 30.4. The van der Waals surface area contributed by atoms with Crippen LogP contribution in [0.1, 0.15) is 27.2 Å². The molecule has 0 radical (unpaired) electrons. The lowest BCUT2D eigenvalue weighted by Crippen LogP contribution is -2.69. The fourth-order valence-electron chi connectivity index (χ4n) is 9.81. The number of nitrogens with one attached hydrogen (secondary N) is 3. The molecule has 5 saturated heterocycles. The number of aliphatic hydroxyl groups excluding tert-OH is 19. The van der Waals surface area contributed by atoms with Gasteiger partial charge < -0.3 is 165 Å². The van der Waals surface area contributed by atoms with Crippen LogP contribution in [0.25, 0.3) is 0 Å². The first-order valence-electron chi connectivity index (χ1n) is 25.6. The molecular weight excluding hydrogens is 1130 g/mol. The lowest BCUT2D eigenvalue weighted by Gasteiger charge is -2.49. The van der Waals surface area contributed by atoms with E-state index in [1.165, 1.54) is 0 Å². The number of hydrogen-bond acceptors (Lipinski definition) is 33. The molecule has 0 aromatic heterocycles. The molecule has 23 N–H and O–H groups in total. The zero-order chi connectivity index (χ0) is 61.4. The highest BCUT2D eigenvalue weighted by molar-refractivity contribution is 5.77. The van der Waals surface area contributed by atoms with E-state index in [0.717, 1.165) is 20.8 Å². The highest BCUT2D eigenvalue weighted by atomic mass is 16.8. The molecule has 0 spiro atoms. The van der Waals surface area contributed by atoms with Gasteiger partial charge in [0.2, 0.25) is 17.7 Å². The number of aliphatic carboxylic acids is 1. The maximum absolute atomic E-state index is 12.8. The number of carbonyl (C=O) groups excluding carboxylic acids is 3. The average Bonchev–Trinajstić information content (AvgIpc) is 3.31. The fourth-order valence-corrected chi connectivity index (χ4v) is 9.81. The van der Waals surface area contributed by atoms with Crippen LogP contribution in [-0.2, 0) is 66.5 Å². The molecule has 0 aliphatic carbocycles. The Morgan fingerprint density at radius 1 is 0.524 bits per heavy atom. The third-order valence-corrected chi connectivity index (χ3v) is 14.2. The third kappa shape index (κ3) is 16.0. The summed E-state index contributed by atoms with van der Waals surface area (Å²) in [5.41, 5.74) is 0. The standard InChI is InChI=1S/C45H77N3O34/c1-12(54)46-23-15(57)4-45(44(71)72,82-38(23)27(62)17(59)6-50)74-11-22-29(64)33(68)34(69)42(78-22)80-37-20(9-53)76-40(25(32(37)67)48-14(3)56)73-10-21-30(65)39(81-41-24(47-13(2)55)31(66)28(63)19(8-52)75-41)35(70)43(77-21)79-36(18(60)7-51)26(61)16(58)5-49/h15-43,49-53,57-70H,4-11H2,1-3H3,(H,46,54)(H,47,55)(H,48,56)(H,71,72)/t15-,16-,17+,18+,19+,20+,21+,22+,23+,24+,25+,26+,27+,28+,29-,30-,31+,32+,33-,34+,35+,36+,37+,38+,39-,40+,41-,42-,43-,45+/m0/s1. The van der Waals surface area contributed by atoms with E-state index in [1.54, 1.807) is 0 Å². The first-order valence-corrected chi connectivity index (χ1v) is 25.6. The van der Waals surface area contributed by atoms with Gasteiger partial charge in [-0.15, -0.1) is 0 Å². The summed E-state index contributed by atoms with van der Waals surface area (Å²) >= 11 is 0. The van der Waals surface area contributed by atoms with E-state index in [-0.39, 0.29) is 0 Å². The zero-order valence-corrected chi connectivity index (χ0v) is 44.1. The Morgan fingerprint density at radius 2 is 1.02 bits per heavy atom. The van der Waals surface area contributed by atoms with Crippen LogP contribution in [0.2, 0.25) is 0 Å². The van der Waals surface area contributed by atoms with Gasteiger partial charge in [0.15, 0.2) is 25.2 Å². The molecule has 476 valence electrons. The van der Waals surface area contributed by atoms with Gasteiger partial charge in [-0.25, -0.2) is 4.79 Å². The Kier molecular flexibility index (Phi) is 25.7. The van der Waals surface area contributed by atoms with Crippen molar-refractivity contribution in [2.24, 2.45) is 0 Å². The fraction of sp³-hybridized carbons (Fsp3) is 0.911. The van der Waals surface area contributed by atoms with E-state index in [1.807, 2.05) is 0 Å². The minimum Gasteiger partial charge on any atom is -0.477 e.